The maximum atomic E-state index is 9.80. The van der Waals surface area contributed by atoms with E-state index in [0.717, 1.165) is 13.0 Å². The summed E-state index contributed by atoms with van der Waals surface area (Å²) in [4.78, 5) is 0. The van der Waals surface area contributed by atoms with Crippen LogP contribution in [0, 0.1) is 5.92 Å². The van der Waals surface area contributed by atoms with Crippen LogP contribution in [0.15, 0.2) is 0 Å². The van der Waals surface area contributed by atoms with Crippen LogP contribution in [0.5, 0.6) is 0 Å². The van der Waals surface area contributed by atoms with Crippen LogP contribution in [0.3, 0.4) is 0 Å². The molecule has 0 bridgehead atoms. The summed E-state index contributed by atoms with van der Waals surface area (Å²) in [6.45, 7) is 8.84. The summed E-state index contributed by atoms with van der Waals surface area (Å²) in [5.41, 5.74) is 0. The molecule has 0 aliphatic rings. The SMILES string of the molecule is CCCCC(CC)COCC(O)CNC(C)COC. The molecule has 0 aromatic heterocycles. The fourth-order valence-electron chi connectivity index (χ4n) is 1.97. The van der Waals surface area contributed by atoms with Crippen molar-refractivity contribution in [3.05, 3.63) is 0 Å². The molecule has 0 rings (SSSR count). The minimum absolute atomic E-state index is 0.257. The maximum Gasteiger partial charge on any atom is 0.0897 e. The zero-order valence-corrected chi connectivity index (χ0v) is 13.2. The number of rotatable bonds is 13. The van der Waals surface area contributed by atoms with Gasteiger partial charge in [-0.05, 0) is 19.3 Å². The van der Waals surface area contributed by atoms with Gasteiger partial charge in [-0.15, -0.1) is 0 Å². The highest BCUT2D eigenvalue weighted by molar-refractivity contribution is 4.65. The predicted octanol–water partition coefficient (Wildman–Crippen LogP) is 2.20. The van der Waals surface area contributed by atoms with Gasteiger partial charge in [0.05, 0.1) is 19.3 Å². The van der Waals surface area contributed by atoms with Crippen LogP contribution in [0.1, 0.15) is 46.5 Å². The summed E-state index contributed by atoms with van der Waals surface area (Å²) in [5, 5.41) is 13.0. The predicted molar refractivity (Wildman–Crippen MR) is 79.5 cm³/mol. The van der Waals surface area contributed by atoms with Crippen molar-refractivity contribution >= 4 is 0 Å². The van der Waals surface area contributed by atoms with E-state index < -0.39 is 6.10 Å². The van der Waals surface area contributed by atoms with Gasteiger partial charge in [0.25, 0.3) is 0 Å². The van der Waals surface area contributed by atoms with Crippen molar-refractivity contribution in [1.82, 2.24) is 5.32 Å². The van der Waals surface area contributed by atoms with E-state index in [0.29, 0.717) is 25.7 Å². The van der Waals surface area contributed by atoms with E-state index in [9.17, 15) is 5.11 Å². The highest BCUT2D eigenvalue weighted by Crippen LogP contribution is 2.12. The number of aliphatic hydroxyl groups excluding tert-OH is 1. The average Bonchev–Trinajstić information content (AvgIpc) is 2.40. The van der Waals surface area contributed by atoms with Gasteiger partial charge in [0, 0.05) is 26.3 Å². The first-order valence-electron chi connectivity index (χ1n) is 7.62. The monoisotopic (exact) mass is 275 g/mol. The van der Waals surface area contributed by atoms with Crippen LogP contribution in [0.2, 0.25) is 0 Å². The molecule has 0 heterocycles. The standard InChI is InChI=1S/C15H33NO3/c1-5-7-8-14(6-2)11-19-12-15(17)9-16-13(3)10-18-4/h13-17H,5-12H2,1-4H3. The van der Waals surface area contributed by atoms with Crippen LogP contribution in [0.25, 0.3) is 0 Å². The number of ether oxygens (including phenoxy) is 2. The first kappa shape index (κ1) is 18.8. The summed E-state index contributed by atoms with van der Waals surface area (Å²) in [6, 6.07) is 0.257. The minimum Gasteiger partial charge on any atom is -0.389 e. The summed E-state index contributed by atoms with van der Waals surface area (Å²) in [6.07, 6.45) is 4.44. The Morgan fingerprint density at radius 2 is 1.89 bits per heavy atom. The second-order valence-electron chi connectivity index (χ2n) is 5.37. The minimum atomic E-state index is -0.442. The van der Waals surface area contributed by atoms with Crippen molar-refractivity contribution < 1.29 is 14.6 Å². The van der Waals surface area contributed by atoms with E-state index in [4.69, 9.17) is 9.47 Å². The van der Waals surface area contributed by atoms with E-state index >= 15 is 0 Å². The molecule has 4 heteroatoms. The number of aliphatic hydroxyl groups is 1. The van der Waals surface area contributed by atoms with Crippen LogP contribution in [-0.4, -0.2) is 50.7 Å². The fourth-order valence-corrected chi connectivity index (χ4v) is 1.97. The number of unbranched alkanes of at least 4 members (excludes halogenated alkanes) is 1. The van der Waals surface area contributed by atoms with Crippen LogP contribution < -0.4 is 5.32 Å². The highest BCUT2D eigenvalue weighted by Gasteiger charge is 2.10. The molecule has 2 N–H and O–H groups in total. The summed E-state index contributed by atoms with van der Waals surface area (Å²) in [5.74, 6) is 0.632. The normalized spacial score (nSPS) is 16.3. The largest absolute Gasteiger partial charge is 0.389 e. The quantitative estimate of drug-likeness (QED) is 0.541. The van der Waals surface area contributed by atoms with Crippen LogP contribution >= 0.6 is 0 Å². The Balaban J connectivity index is 3.57. The van der Waals surface area contributed by atoms with Gasteiger partial charge in [0.15, 0.2) is 0 Å². The summed E-state index contributed by atoms with van der Waals surface area (Å²) >= 11 is 0. The van der Waals surface area contributed by atoms with E-state index in [1.807, 2.05) is 6.92 Å². The number of methoxy groups -OCH3 is 1. The molecule has 0 saturated carbocycles. The molecular formula is C15H33NO3. The molecule has 3 unspecified atom stereocenters. The third kappa shape index (κ3) is 11.4. The number of hydrogen-bond donors (Lipinski definition) is 2. The van der Waals surface area contributed by atoms with Crippen LogP contribution in [0.4, 0.5) is 0 Å². The second-order valence-corrected chi connectivity index (χ2v) is 5.37. The molecule has 116 valence electrons. The molecule has 0 amide bonds. The molecule has 0 saturated heterocycles. The summed E-state index contributed by atoms with van der Waals surface area (Å²) in [7, 11) is 1.68. The Labute approximate surface area is 118 Å². The molecule has 3 atom stereocenters. The lowest BCUT2D eigenvalue weighted by molar-refractivity contribution is 0.0173. The lowest BCUT2D eigenvalue weighted by Gasteiger charge is -2.19. The highest BCUT2D eigenvalue weighted by atomic mass is 16.5. The van der Waals surface area contributed by atoms with Gasteiger partial charge in [0.1, 0.15) is 0 Å². The third-order valence-corrected chi connectivity index (χ3v) is 3.33. The van der Waals surface area contributed by atoms with Gasteiger partial charge in [-0.2, -0.15) is 0 Å². The van der Waals surface area contributed by atoms with Gasteiger partial charge in [-0.25, -0.2) is 0 Å². The Morgan fingerprint density at radius 3 is 2.47 bits per heavy atom. The third-order valence-electron chi connectivity index (χ3n) is 3.33. The lowest BCUT2D eigenvalue weighted by atomic mass is 10.0. The molecule has 0 aliphatic heterocycles. The van der Waals surface area contributed by atoms with E-state index in [-0.39, 0.29) is 6.04 Å². The topological polar surface area (TPSA) is 50.7 Å². The average molecular weight is 275 g/mol. The smallest absolute Gasteiger partial charge is 0.0897 e. The van der Waals surface area contributed by atoms with E-state index in [1.165, 1.54) is 19.3 Å². The zero-order chi connectivity index (χ0) is 14.5. The van der Waals surface area contributed by atoms with Crippen molar-refractivity contribution in [2.75, 3.05) is 33.5 Å². The first-order chi connectivity index (χ1) is 9.13. The molecule has 0 fully saturated rings. The van der Waals surface area contributed by atoms with Crippen molar-refractivity contribution in [1.29, 1.82) is 0 Å². The number of nitrogens with one attached hydrogen (secondary N) is 1. The van der Waals surface area contributed by atoms with E-state index in [2.05, 4.69) is 19.2 Å². The zero-order valence-electron chi connectivity index (χ0n) is 13.2. The summed E-state index contributed by atoms with van der Waals surface area (Å²) < 4.78 is 10.6. The second kappa shape index (κ2) is 12.9. The van der Waals surface area contributed by atoms with Gasteiger partial charge in [-0.1, -0.05) is 33.1 Å². The number of hydrogen-bond acceptors (Lipinski definition) is 4. The molecular weight excluding hydrogens is 242 g/mol. The Morgan fingerprint density at radius 1 is 1.16 bits per heavy atom. The molecule has 4 nitrogen and oxygen atoms in total. The van der Waals surface area contributed by atoms with Crippen molar-refractivity contribution in [2.45, 2.75) is 58.6 Å². The molecule has 0 radical (unpaired) electrons. The van der Waals surface area contributed by atoms with Gasteiger partial charge < -0.3 is 19.9 Å². The van der Waals surface area contributed by atoms with Crippen molar-refractivity contribution in [2.24, 2.45) is 5.92 Å². The Hall–Kier alpha value is -0.160. The van der Waals surface area contributed by atoms with Crippen molar-refractivity contribution in [3.8, 4) is 0 Å². The Kier molecular flexibility index (Phi) is 12.7. The van der Waals surface area contributed by atoms with E-state index in [1.54, 1.807) is 7.11 Å². The molecule has 19 heavy (non-hydrogen) atoms. The molecule has 0 aromatic carbocycles. The molecule has 0 aliphatic carbocycles. The molecule has 0 aromatic rings. The Bertz CT molecular complexity index is 190. The van der Waals surface area contributed by atoms with Gasteiger partial charge >= 0.3 is 0 Å². The molecule has 0 spiro atoms. The van der Waals surface area contributed by atoms with Crippen LogP contribution in [-0.2, 0) is 9.47 Å². The van der Waals surface area contributed by atoms with Gasteiger partial charge in [0.2, 0.25) is 0 Å². The lowest BCUT2D eigenvalue weighted by Crippen LogP contribution is -2.38. The first-order valence-corrected chi connectivity index (χ1v) is 7.62. The fraction of sp³-hybridized carbons (Fsp3) is 1.00. The maximum absolute atomic E-state index is 9.80. The van der Waals surface area contributed by atoms with Crippen molar-refractivity contribution in [3.63, 3.8) is 0 Å². The van der Waals surface area contributed by atoms with Gasteiger partial charge in [-0.3, -0.25) is 0 Å².